The third-order valence-electron chi connectivity index (χ3n) is 5.11. The van der Waals surface area contributed by atoms with Crippen molar-refractivity contribution in [2.75, 3.05) is 0 Å². The summed E-state index contributed by atoms with van der Waals surface area (Å²) < 4.78 is 5.75. The lowest BCUT2D eigenvalue weighted by molar-refractivity contribution is -0.158. The Morgan fingerprint density at radius 3 is 2.77 bits per heavy atom. The van der Waals surface area contributed by atoms with E-state index in [9.17, 15) is 4.79 Å². The molecule has 1 atom stereocenters. The highest BCUT2D eigenvalue weighted by atomic mass is 35.5. The summed E-state index contributed by atoms with van der Waals surface area (Å²) in [5.74, 6) is -0.320. The molecule has 0 radical (unpaired) electrons. The van der Waals surface area contributed by atoms with Gasteiger partial charge in [0.15, 0.2) is 0 Å². The van der Waals surface area contributed by atoms with Gasteiger partial charge in [-0.15, -0.1) is 0 Å². The van der Waals surface area contributed by atoms with E-state index in [-0.39, 0.29) is 11.9 Å². The number of ether oxygens (including phenoxy) is 1. The smallest absolute Gasteiger partial charge is 0.313 e. The molecule has 4 rings (SSSR count). The van der Waals surface area contributed by atoms with Gasteiger partial charge in [-0.1, -0.05) is 42.0 Å². The minimum absolute atomic E-state index is 0.114. The maximum absolute atomic E-state index is 13.0. The maximum atomic E-state index is 13.0. The zero-order valence-corrected chi connectivity index (χ0v) is 16.2. The zero-order valence-electron chi connectivity index (χ0n) is 15.4. The summed E-state index contributed by atoms with van der Waals surface area (Å²) in [6, 6.07) is 10.3. The van der Waals surface area contributed by atoms with Gasteiger partial charge in [-0.2, -0.15) is 0 Å². The van der Waals surface area contributed by atoms with Crippen LogP contribution in [0.4, 0.5) is 0 Å². The molecule has 0 spiro atoms. The van der Waals surface area contributed by atoms with Gasteiger partial charge in [-0.05, 0) is 85.2 Å². The number of carbonyl (C=O) groups excluding carboxylic acids is 1. The Hall–Kier alpha value is -2.06. The van der Waals surface area contributed by atoms with Crippen LogP contribution in [0, 0.1) is 5.92 Å². The Balaban J connectivity index is 1.87. The largest absolute Gasteiger partial charge is 0.459 e. The average molecular weight is 367 g/mol. The number of carbonyl (C=O) groups is 1. The number of halogens is 1. The first-order valence-electron chi connectivity index (χ1n) is 9.17. The van der Waals surface area contributed by atoms with E-state index in [1.165, 1.54) is 27.7 Å². The molecule has 2 nitrogen and oxygen atoms in total. The first kappa shape index (κ1) is 17.4. The van der Waals surface area contributed by atoms with Crippen LogP contribution in [-0.4, -0.2) is 11.6 Å². The van der Waals surface area contributed by atoms with Gasteiger partial charge in [0.25, 0.3) is 0 Å². The molecule has 1 unspecified atom stereocenters. The molecular formula is C23H23ClO2. The van der Waals surface area contributed by atoms with Gasteiger partial charge in [0.2, 0.25) is 0 Å². The van der Waals surface area contributed by atoms with Gasteiger partial charge in [-0.25, -0.2) is 0 Å². The molecule has 2 aliphatic rings. The molecule has 0 fully saturated rings. The molecule has 2 aliphatic carbocycles. The van der Waals surface area contributed by atoms with Crippen molar-refractivity contribution >= 4 is 33.9 Å². The van der Waals surface area contributed by atoms with Gasteiger partial charge in [0, 0.05) is 5.02 Å². The van der Waals surface area contributed by atoms with Gasteiger partial charge in [0.1, 0.15) is 5.60 Å². The van der Waals surface area contributed by atoms with Crippen molar-refractivity contribution in [2.24, 2.45) is 5.92 Å². The van der Waals surface area contributed by atoms with Gasteiger partial charge in [0.05, 0.1) is 5.92 Å². The lowest BCUT2D eigenvalue weighted by atomic mass is 9.74. The fraction of sp³-hybridized carbons (Fsp3) is 0.348. The van der Waals surface area contributed by atoms with E-state index in [2.05, 4.69) is 30.4 Å². The standard InChI is InChI=1S/C23H23ClO2/c1-23(2,3)26-22(25)21-13-20-16-11-9-15(24)12-14(16)8-10-19(20)17-6-4-5-7-18(17)21/h4,6,8-12,21H,5,7,13H2,1-3H3. The highest BCUT2D eigenvalue weighted by Gasteiger charge is 2.35. The monoisotopic (exact) mass is 366 g/mol. The number of benzene rings is 2. The molecule has 0 N–H and O–H groups in total. The molecule has 0 aliphatic heterocycles. The van der Waals surface area contributed by atoms with E-state index in [1.807, 2.05) is 32.9 Å². The van der Waals surface area contributed by atoms with E-state index in [4.69, 9.17) is 16.3 Å². The fourth-order valence-corrected chi connectivity index (χ4v) is 4.25. The number of allylic oxidation sites excluding steroid dienone is 3. The second kappa shape index (κ2) is 6.28. The van der Waals surface area contributed by atoms with Crippen molar-refractivity contribution in [1.29, 1.82) is 0 Å². The molecule has 0 saturated carbocycles. The second-order valence-corrected chi connectivity index (χ2v) is 8.56. The molecule has 0 amide bonds. The summed E-state index contributed by atoms with van der Waals surface area (Å²) in [6.45, 7) is 5.78. The third-order valence-corrected chi connectivity index (χ3v) is 5.35. The normalized spacial score (nSPS) is 19.3. The van der Waals surface area contributed by atoms with Crippen LogP contribution in [-0.2, 0) is 16.0 Å². The molecule has 2 aromatic rings. The van der Waals surface area contributed by atoms with Crippen molar-refractivity contribution < 1.29 is 9.53 Å². The van der Waals surface area contributed by atoms with Crippen molar-refractivity contribution in [2.45, 2.75) is 45.6 Å². The lowest BCUT2D eigenvalue weighted by Gasteiger charge is -2.33. The molecule has 0 bridgehead atoms. The van der Waals surface area contributed by atoms with E-state index in [1.54, 1.807) is 0 Å². The van der Waals surface area contributed by atoms with Gasteiger partial charge >= 0.3 is 5.97 Å². The minimum atomic E-state index is -0.477. The van der Waals surface area contributed by atoms with Crippen molar-refractivity contribution in [3.05, 3.63) is 64.2 Å². The Morgan fingerprint density at radius 1 is 1.19 bits per heavy atom. The molecule has 2 aromatic carbocycles. The number of fused-ring (bicyclic) bond motifs is 4. The van der Waals surface area contributed by atoms with Crippen molar-refractivity contribution in [3.8, 4) is 0 Å². The Kier molecular flexibility index (Phi) is 4.19. The number of hydrogen-bond acceptors (Lipinski definition) is 2. The summed E-state index contributed by atoms with van der Waals surface area (Å²) >= 11 is 6.17. The summed E-state index contributed by atoms with van der Waals surface area (Å²) in [5.41, 5.74) is 4.41. The maximum Gasteiger partial charge on any atom is 0.313 e. The van der Waals surface area contributed by atoms with Crippen LogP contribution < -0.4 is 0 Å². The van der Waals surface area contributed by atoms with Gasteiger partial charge in [-0.3, -0.25) is 4.79 Å². The highest BCUT2D eigenvalue weighted by Crippen LogP contribution is 2.43. The molecular weight excluding hydrogens is 344 g/mol. The van der Waals surface area contributed by atoms with Crippen LogP contribution in [0.2, 0.25) is 5.02 Å². The lowest BCUT2D eigenvalue weighted by Crippen LogP contribution is -2.33. The highest BCUT2D eigenvalue weighted by molar-refractivity contribution is 6.31. The SMILES string of the molecule is CC(C)(C)OC(=O)C1Cc2c(ccc3cc(Cl)ccc23)C2=C1CCC=C2. The van der Waals surface area contributed by atoms with Gasteiger partial charge < -0.3 is 4.74 Å². The van der Waals surface area contributed by atoms with Crippen LogP contribution in [0.5, 0.6) is 0 Å². The van der Waals surface area contributed by atoms with Crippen LogP contribution in [0.3, 0.4) is 0 Å². The van der Waals surface area contributed by atoms with Crippen LogP contribution in [0.15, 0.2) is 48.1 Å². The molecule has 0 saturated heterocycles. The Morgan fingerprint density at radius 2 is 2.00 bits per heavy atom. The second-order valence-electron chi connectivity index (χ2n) is 8.13. The third kappa shape index (κ3) is 3.07. The average Bonchev–Trinajstić information content (AvgIpc) is 2.58. The summed E-state index contributed by atoms with van der Waals surface area (Å²) in [7, 11) is 0. The topological polar surface area (TPSA) is 26.3 Å². The minimum Gasteiger partial charge on any atom is -0.459 e. The fourth-order valence-electron chi connectivity index (χ4n) is 4.07. The Labute approximate surface area is 159 Å². The van der Waals surface area contributed by atoms with E-state index in [0.717, 1.165) is 23.3 Å². The van der Waals surface area contributed by atoms with E-state index < -0.39 is 5.60 Å². The zero-order chi connectivity index (χ0) is 18.5. The van der Waals surface area contributed by atoms with Crippen LogP contribution >= 0.6 is 11.6 Å². The summed E-state index contributed by atoms with van der Waals surface area (Å²) in [6.07, 6.45) is 6.97. The molecule has 0 heterocycles. The van der Waals surface area contributed by atoms with Crippen molar-refractivity contribution in [3.63, 3.8) is 0 Å². The summed E-state index contributed by atoms with van der Waals surface area (Å²) in [4.78, 5) is 13.0. The summed E-state index contributed by atoms with van der Waals surface area (Å²) in [5, 5.41) is 3.02. The Bertz CT molecular complexity index is 960. The van der Waals surface area contributed by atoms with Crippen LogP contribution in [0.1, 0.15) is 44.7 Å². The van der Waals surface area contributed by atoms with E-state index in [0.29, 0.717) is 6.42 Å². The molecule has 134 valence electrons. The quantitative estimate of drug-likeness (QED) is 0.569. The number of rotatable bonds is 1. The molecule has 0 aromatic heterocycles. The predicted molar refractivity (Wildman–Crippen MR) is 107 cm³/mol. The predicted octanol–water partition coefficient (Wildman–Crippen LogP) is 6.11. The van der Waals surface area contributed by atoms with E-state index >= 15 is 0 Å². The molecule has 3 heteroatoms. The number of esters is 1. The first-order valence-corrected chi connectivity index (χ1v) is 9.55. The number of hydrogen-bond donors (Lipinski definition) is 0. The first-order chi connectivity index (χ1) is 12.3. The molecule has 26 heavy (non-hydrogen) atoms. The van der Waals surface area contributed by atoms with Crippen molar-refractivity contribution in [1.82, 2.24) is 0 Å². The van der Waals surface area contributed by atoms with Crippen LogP contribution in [0.25, 0.3) is 16.3 Å².